The number of aromatic nitrogens is 1. The summed E-state index contributed by atoms with van der Waals surface area (Å²) >= 11 is 0. The number of benzene rings is 2. The van der Waals surface area contributed by atoms with Crippen LogP contribution in [0.25, 0.3) is 11.5 Å². The molecule has 8 nitrogen and oxygen atoms in total. The van der Waals surface area contributed by atoms with Crippen LogP contribution in [0.4, 0.5) is 30.8 Å². The molecule has 1 saturated heterocycles. The van der Waals surface area contributed by atoms with Gasteiger partial charge in [-0.2, -0.15) is 10.2 Å². The van der Waals surface area contributed by atoms with E-state index in [1.807, 2.05) is 13.1 Å². The average molecular weight is 438 g/mol. The number of carbonyl (C=O) groups excluding carboxylic acids is 1. The van der Waals surface area contributed by atoms with Crippen molar-refractivity contribution in [3.8, 4) is 17.5 Å². The van der Waals surface area contributed by atoms with E-state index in [0.29, 0.717) is 24.5 Å². The van der Waals surface area contributed by atoms with Gasteiger partial charge in [0.15, 0.2) is 0 Å². The normalized spacial score (nSPS) is 14.1. The van der Waals surface area contributed by atoms with Crippen LogP contribution in [0.3, 0.4) is 0 Å². The lowest BCUT2D eigenvalue weighted by atomic mass is 10.2. The number of amides is 2. The standard InChI is InChI=1S/C22H20F2N6O2/c1-29-9-11-30(12-10-29)22(31)27-15-7-5-14(6-8-15)26-20-18(13-25)28-21(32-20)19-16(23)3-2-4-17(19)24/h2-8,26H,9-12H2,1H3,(H,27,31). The third-order valence-electron chi connectivity index (χ3n) is 5.09. The average Bonchev–Trinajstić information content (AvgIpc) is 3.17. The highest BCUT2D eigenvalue weighted by atomic mass is 19.1. The lowest BCUT2D eigenvalue weighted by Gasteiger charge is -2.32. The fourth-order valence-corrected chi connectivity index (χ4v) is 3.27. The first kappa shape index (κ1) is 21.3. The van der Waals surface area contributed by atoms with Crippen LogP contribution in [0.2, 0.25) is 0 Å². The van der Waals surface area contributed by atoms with E-state index in [1.54, 1.807) is 29.2 Å². The van der Waals surface area contributed by atoms with Gasteiger partial charge in [-0.25, -0.2) is 13.6 Å². The number of halogens is 2. The number of urea groups is 1. The summed E-state index contributed by atoms with van der Waals surface area (Å²) in [5.74, 6) is -2.07. The van der Waals surface area contributed by atoms with Gasteiger partial charge in [-0.05, 0) is 43.4 Å². The highest BCUT2D eigenvalue weighted by molar-refractivity contribution is 5.89. The quantitative estimate of drug-likeness (QED) is 0.639. The number of carbonyl (C=O) groups is 1. The van der Waals surface area contributed by atoms with Crippen LogP contribution in [0.15, 0.2) is 46.9 Å². The Morgan fingerprint density at radius 1 is 1.06 bits per heavy atom. The van der Waals surface area contributed by atoms with E-state index in [-0.39, 0.29) is 23.5 Å². The second kappa shape index (κ2) is 9.03. The molecule has 0 unspecified atom stereocenters. The van der Waals surface area contributed by atoms with Gasteiger partial charge in [0, 0.05) is 37.6 Å². The third kappa shape index (κ3) is 4.53. The monoisotopic (exact) mass is 438 g/mol. The Labute approximate surface area is 183 Å². The van der Waals surface area contributed by atoms with E-state index >= 15 is 0 Å². The summed E-state index contributed by atoms with van der Waals surface area (Å²) in [6, 6.07) is 11.8. The summed E-state index contributed by atoms with van der Waals surface area (Å²) in [6.07, 6.45) is 0. The highest BCUT2D eigenvalue weighted by Crippen LogP contribution is 2.31. The molecule has 1 aliphatic heterocycles. The maximum absolute atomic E-state index is 14.0. The first-order valence-corrected chi connectivity index (χ1v) is 9.91. The number of hydrogen-bond donors (Lipinski definition) is 2. The Bertz CT molecular complexity index is 1140. The maximum Gasteiger partial charge on any atom is 0.321 e. The van der Waals surface area contributed by atoms with Crippen LogP contribution in [0.5, 0.6) is 0 Å². The number of likely N-dealkylation sites (N-methyl/N-ethyl adjacent to an activating group) is 1. The van der Waals surface area contributed by atoms with Crippen molar-refractivity contribution in [3.05, 3.63) is 59.8 Å². The molecule has 2 aromatic carbocycles. The molecule has 0 bridgehead atoms. The number of anilines is 3. The summed E-state index contributed by atoms with van der Waals surface area (Å²) in [5, 5.41) is 15.0. The Morgan fingerprint density at radius 2 is 1.69 bits per heavy atom. The molecule has 0 radical (unpaired) electrons. The van der Waals surface area contributed by atoms with Crippen molar-refractivity contribution >= 4 is 23.3 Å². The molecule has 2 heterocycles. The molecule has 3 aromatic rings. The first-order chi connectivity index (χ1) is 15.4. The van der Waals surface area contributed by atoms with E-state index in [1.165, 1.54) is 6.07 Å². The summed E-state index contributed by atoms with van der Waals surface area (Å²) < 4.78 is 33.5. The lowest BCUT2D eigenvalue weighted by molar-refractivity contribution is 0.164. The Hall–Kier alpha value is -3.97. The van der Waals surface area contributed by atoms with Crippen molar-refractivity contribution in [1.82, 2.24) is 14.8 Å². The molecule has 2 N–H and O–H groups in total. The van der Waals surface area contributed by atoms with Crippen molar-refractivity contribution in [3.63, 3.8) is 0 Å². The van der Waals surface area contributed by atoms with E-state index in [9.17, 15) is 18.8 Å². The highest BCUT2D eigenvalue weighted by Gasteiger charge is 2.21. The van der Waals surface area contributed by atoms with Crippen LogP contribution < -0.4 is 10.6 Å². The second-order valence-corrected chi connectivity index (χ2v) is 7.33. The predicted molar refractivity (Wildman–Crippen MR) is 114 cm³/mol. The molecule has 0 saturated carbocycles. The SMILES string of the molecule is CN1CCN(C(=O)Nc2ccc(Nc3oc(-c4c(F)cccc4F)nc3C#N)cc2)CC1. The Morgan fingerprint density at radius 3 is 2.31 bits per heavy atom. The number of oxazole rings is 1. The topological polar surface area (TPSA) is 97.4 Å². The van der Waals surface area contributed by atoms with E-state index in [4.69, 9.17) is 4.42 Å². The number of rotatable bonds is 4. The summed E-state index contributed by atoms with van der Waals surface area (Å²) in [5.41, 5.74) is 0.552. The molecule has 1 aromatic heterocycles. The molecule has 0 aliphatic carbocycles. The smallest absolute Gasteiger partial charge is 0.321 e. The van der Waals surface area contributed by atoms with Gasteiger partial charge in [-0.3, -0.25) is 0 Å². The molecular weight excluding hydrogens is 418 g/mol. The minimum Gasteiger partial charge on any atom is -0.419 e. The molecule has 32 heavy (non-hydrogen) atoms. The summed E-state index contributed by atoms with van der Waals surface area (Å²) in [7, 11) is 2.02. The van der Waals surface area contributed by atoms with Gasteiger partial charge < -0.3 is 24.9 Å². The molecule has 1 fully saturated rings. The molecule has 1 aliphatic rings. The minimum atomic E-state index is -0.845. The lowest BCUT2D eigenvalue weighted by Crippen LogP contribution is -2.48. The summed E-state index contributed by atoms with van der Waals surface area (Å²) in [6.45, 7) is 2.98. The van der Waals surface area contributed by atoms with E-state index in [0.717, 1.165) is 25.2 Å². The van der Waals surface area contributed by atoms with Crippen LogP contribution >= 0.6 is 0 Å². The number of piperazine rings is 1. The molecule has 0 spiro atoms. The number of nitrogens with zero attached hydrogens (tertiary/aromatic N) is 4. The zero-order chi connectivity index (χ0) is 22.7. The zero-order valence-corrected chi connectivity index (χ0v) is 17.2. The molecule has 4 rings (SSSR count). The fourth-order valence-electron chi connectivity index (χ4n) is 3.27. The maximum atomic E-state index is 14.0. The molecule has 164 valence electrons. The molecule has 10 heteroatoms. The van der Waals surface area contributed by atoms with Gasteiger partial charge in [0.05, 0.1) is 0 Å². The molecule has 0 atom stereocenters. The third-order valence-corrected chi connectivity index (χ3v) is 5.09. The Kier molecular flexibility index (Phi) is 6.00. The van der Waals surface area contributed by atoms with Gasteiger partial charge in [-0.15, -0.1) is 0 Å². The van der Waals surface area contributed by atoms with Crippen LogP contribution in [-0.4, -0.2) is 54.0 Å². The van der Waals surface area contributed by atoms with Gasteiger partial charge in [0.1, 0.15) is 23.3 Å². The van der Waals surface area contributed by atoms with Crippen molar-refractivity contribution in [2.24, 2.45) is 0 Å². The van der Waals surface area contributed by atoms with Crippen LogP contribution in [0, 0.1) is 23.0 Å². The number of nitrogens with one attached hydrogen (secondary N) is 2. The van der Waals surface area contributed by atoms with E-state index in [2.05, 4.69) is 20.5 Å². The largest absolute Gasteiger partial charge is 0.419 e. The Balaban J connectivity index is 1.46. The number of nitriles is 1. The number of hydrogen-bond acceptors (Lipinski definition) is 6. The van der Waals surface area contributed by atoms with Gasteiger partial charge in [-0.1, -0.05) is 6.07 Å². The van der Waals surface area contributed by atoms with Crippen molar-refractivity contribution in [2.75, 3.05) is 43.9 Å². The first-order valence-electron chi connectivity index (χ1n) is 9.91. The van der Waals surface area contributed by atoms with Crippen LogP contribution in [0.1, 0.15) is 5.69 Å². The van der Waals surface area contributed by atoms with Gasteiger partial charge in [0.25, 0.3) is 0 Å². The van der Waals surface area contributed by atoms with Crippen molar-refractivity contribution in [2.45, 2.75) is 0 Å². The molecular formula is C22H20F2N6O2. The van der Waals surface area contributed by atoms with Crippen LogP contribution in [-0.2, 0) is 0 Å². The minimum absolute atomic E-state index is 0.0422. The van der Waals surface area contributed by atoms with Crippen molar-refractivity contribution < 1.29 is 18.0 Å². The van der Waals surface area contributed by atoms with E-state index < -0.39 is 17.2 Å². The molecule has 2 amide bonds. The van der Waals surface area contributed by atoms with Gasteiger partial charge >= 0.3 is 6.03 Å². The second-order valence-electron chi connectivity index (χ2n) is 7.33. The summed E-state index contributed by atoms with van der Waals surface area (Å²) in [4.78, 5) is 20.2. The van der Waals surface area contributed by atoms with Crippen molar-refractivity contribution in [1.29, 1.82) is 5.26 Å². The predicted octanol–water partition coefficient (Wildman–Crippen LogP) is 4.01. The fraction of sp³-hybridized carbons (Fsp3) is 0.227. The van der Waals surface area contributed by atoms with Gasteiger partial charge in [0.2, 0.25) is 17.5 Å². The zero-order valence-electron chi connectivity index (χ0n) is 17.2.